The van der Waals surface area contributed by atoms with Crippen molar-refractivity contribution in [1.82, 2.24) is 10.2 Å². The zero-order chi connectivity index (χ0) is 33.8. The normalized spacial score (nSPS) is 20.3. The van der Waals surface area contributed by atoms with E-state index in [1.807, 2.05) is 13.8 Å². The molecule has 0 aliphatic carbocycles. The lowest BCUT2D eigenvalue weighted by Crippen LogP contribution is -2.50. The Morgan fingerprint density at radius 2 is 1.67 bits per heavy atom. The Hall–Kier alpha value is -3.50. The average Bonchev–Trinajstić information content (AvgIpc) is 3.54. The summed E-state index contributed by atoms with van der Waals surface area (Å²) in [7, 11) is -1.18. The second kappa shape index (κ2) is 14.5. The number of rotatable bonds is 12. The molecule has 11 nitrogen and oxygen atoms in total. The largest absolute Gasteiger partial charge is 0.492 e. The Morgan fingerprint density at radius 1 is 1.04 bits per heavy atom. The van der Waals surface area contributed by atoms with E-state index in [4.69, 9.17) is 21.9 Å². The van der Waals surface area contributed by atoms with E-state index in [1.165, 1.54) is 12.1 Å². The van der Waals surface area contributed by atoms with E-state index >= 15 is 0 Å². The lowest BCUT2D eigenvalue weighted by atomic mass is 9.78. The second-order valence-electron chi connectivity index (χ2n) is 12.5. The maximum Gasteiger partial charge on any atom is 0.492 e. The number of hydrogen-bond acceptors (Lipinski definition) is 8. The molecule has 4 unspecified atom stereocenters. The highest BCUT2D eigenvalue weighted by atomic mass is 19.4. The van der Waals surface area contributed by atoms with Crippen LogP contribution in [0.2, 0.25) is 0 Å². The van der Waals surface area contributed by atoms with Gasteiger partial charge in [0, 0.05) is 25.2 Å². The van der Waals surface area contributed by atoms with Crippen LogP contribution in [0.4, 0.5) is 18.9 Å². The molecule has 0 radical (unpaired) electrons. The molecule has 0 bridgehead atoms. The highest BCUT2D eigenvalue weighted by molar-refractivity contribution is 6.62. The molecule has 1 fully saturated rings. The van der Waals surface area contributed by atoms with Crippen LogP contribution in [0.1, 0.15) is 49.8 Å². The standard InChI is InChI=1S/C31H42BF3N6O5/c1-30(2)23-9-8-22(13-24(23)32(45)46-30)39-29(44)26(11-5-18-3-6-21(7-4-18)31(33,34)35)40-28(43)25(38)10-12-27(42)41-16-19(14-36)20(15-37)17-41/h3-4,6-9,13,19-20,25-26,45H,5,10-12,14-17,36-38H2,1-2H3,(H,39,44)(H,40,43). The monoisotopic (exact) mass is 646 g/mol. The van der Waals surface area contributed by atoms with Crippen LogP contribution in [0.25, 0.3) is 0 Å². The van der Waals surface area contributed by atoms with Crippen LogP contribution in [0.3, 0.4) is 0 Å². The van der Waals surface area contributed by atoms with Crippen molar-refractivity contribution in [3.05, 3.63) is 59.2 Å². The number of amides is 3. The number of fused-ring (bicyclic) bond motifs is 1. The van der Waals surface area contributed by atoms with Crippen molar-refractivity contribution in [1.29, 1.82) is 0 Å². The molecule has 1 saturated heterocycles. The highest BCUT2D eigenvalue weighted by Crippen LogP contribution is 2.31. The third-order valence-electron chi connectivity index (χ3n) is 8.82. The Labute approximate surface area is 266 Å². The molecule has 0 spiro atoms. The van der Waals surface area contributed by atoms with Gasteiger partial charge in [-0.05, 0) is 98.9 Å². The molecule has 15 heteroatoms. The van der Waals surface area contributed by atoms with Crippen LogP contribution in [-0.2, 0) is 37.2 Å². The molecule has 9 N–H and O–H groups in total. The maximum absolute atomic E-state index is 13.5. The van der Waals surface area contributed by atoms with E-state index in [0.717, 1.165) is 17.7 Å². The second-order valence-corrected chi connectivity index (χ2v) is 12.5. The molecule has 46 heavy (non-hydrogen) atoms. The number of nitrogens with two attached hydrogens (primary N) is 3. The van der Waals surface area contributed by atoms with Gasteiger partial charge in [-0.1, -0.05) is 18.2 Å². The molecule has 2 heterocycles. The molecule has 0 aromatic heterocycles. The minimum absolute atomic E-state index is 0.0153. The van der Waals surface area contributed by atoms with Gasteiger partial charge in [-0.3, -0.25) is 14.4 Å². The number of alkyl halides is 3. The van der Waals surface area contributed by atoms with E-state index in [1.54, 1.807) is 23.1 Å². The van der Waals surface area contributed by atoms with Crippen LogP contribution < -0.4 is 33.3 Å². The van der Waals surface area contributed by atoms with Crippen molar-refractivity contribution in [3.63, 3.8) is 0 Å². The van der Waals surface area contributed by atoms with Crippen molar-refractivity contribution in [2.75, 3.05) is 31.5 Å². The van der Waals surface area contributed by atoms with Gasteiger partial charge in [-0.25, -0.2) is 0 Å². The van der Waals surface area contributed by atoms with Gasteiger partial charge in [0.1, 0.15) is 6.04 Å². The number of carbonyl (C=O) groups is 3. The molecule has 2 aromatic rings. The van der Waals surface area contributed by atoms with Gasteiger partial charge in [0.15, 0.2) is 0 Å². The molecular weight excluding hydrogens is 604 g/mol. The van der Waals surface area contributed by atoms with Crippen molar-refractivity contribution in [2.24, 2.45) is 29.0 Å². The third-order valence-corrected chi connectivity index (χ3v) is 8.82. The summed E-state index contributed by atoms with van der Waals surface area (Å²) < 4.78 is 44.6. The van der Waals surface area contributed by atoms with Crippen molar-refractivity contribution in [2.45, 2.75) is 63.4 Å². The Balaban J connectivity index is 1.42. The Kier molecular flexibility index (Phi) is 11.2. The molecule has 4 rings (SSSR count). The van der Waals surface area contributed by atoms with Crippen LogP contribution in [0.15, 0.2) is 42.5 Å². The topological polar surface area (TPSA) is 186 Å². The minimum atomic E-state index is -4.48. The SMILES string of the molecule is CC1(C)OB(O)c2cc(NC(=O)C(CCc3ccc(C(F)(F)F)cc3)NC(=O)C(N)CCC(=O)N3CC(CN)C(CN)C3)ccc21. The first kappa shape index (κ1) is 35.4. The summed E-state index contributed by atoms with van der Waals surface area (Å²) in [6.07, 6.45) is -4.21. The lowest BCUT2D eigenvalue weighted by molar-refractivity contribution is -0.137. The zero-order valence-electron chi connectivity index (χ0n) is 26.0. The molecule has 3 amide bonds. The number of nitrogens with one attached hydrogen (secondary N) is 2. The number of halogens is 3. The summed E-state index contributed by atoms with van der Waals surface area (Å²) in [5.41, 5.74) is 18.4. The van der Waals surface area contributed by atoms with E-state index in [2.05, 4.69) is 10.6 Å². The first-order valence-electron chi connectivity index (χ1n) is 15.3. The third kappa shape index (κ3) is 8.45. The molecule has 250 valence electrons. The fraction of sp³-hybridized carbons (Fsp3) is 0.516. The van der Waals surface area contributed by atoms with Crippen LogP contribution in [-0.4, -0.2) is 73.0 Å². The summed E-state index contributed by atoms with van der Waals surface area (Å²) in [5, 5.41) is 15.7. The predicted molar refractivity (Wildman–Crippen MR) is 167 cm³/mol. The number of anilines is 1. The van der Waals surface area contributed by atoms with Gasteiger partial charge in [-0.15, -0.1) is 0 Å². The lowest BCUT2D eigenvalue weighted by Gasteiger charge is -2.22. The first-order chi connectivity index (χ1) is 21.6. The van der Waals surface area contributed by atoms with Gasteiger partial charge in [0.05, 0.1) is 17.2 Å². The average molecular weight is 647 g/mol. The molecular formula is C31H42BF3N6O5. The van der Waals surface area contributed by atoms with Gasteiger partial charge in [0.2, 0.25) is 17.7 Å². The highest BCUT2D eigenvalue weighted by Gasteiger charge is 2.41. The Morgan fingerprint density at radius 3 is 2.26 bits per heavy atom. The first-order valence-corrected chi connectivity index (χ1v) is 15.3. The van der Waals surface area contributed by atoms with Gasteiger partial charge in [0.25, 0.3) is 0 Å². The van der Waals surface area contributed by atoms with Gasteiger partial charge < -0.3 is 42.4 Å². The molecule has 2 aliphatic heterocycles. The van der Waals surface area contributed by atoms with E-state index < -0.39 is 48.4 Å². The quantitative estimate of drug-likeness (QED) is 0.183. The summed E-state index contributed by atoms with van der Waals surface area (Å²) >= 11 is 0. The van der Waals surface area contributed by atoms with Crippen molar-refractivity contribution < 1.29 is 37.2 Å². The maximum atomic E-state index is 13.5. The molecule has 2 aliphatic rings. The van der Waals surface area contributed by atoms with E-state index in [9.17, 15) is 32.6 Å². The van der Waals surface area contributed by atoms with Crippen LogP contribution >= 0.6 is 0 Å². The predicted octanol–water partition coefficient (Wildman–Crippen LogP) is 0.814. The number of hydrogen-bond donors (Lipinski definition) is 6. The number of nitrogens with zero attached hydrogens (tertiary/aromatic N) is 1. The fourth-order valence-corrected chi connectivity index (χ4v) is 5.99. The molecule has 4 atom stereocenters. The van der Waals surface area contributed by atoms with Crippen LogP contribution in [0, 0.1) is 11.8 Å². The summed E-state index contributed by atoms with van der Waals surface area (Å²) in [6.45, 7) is 5.44. The van der Waals surface area contributed by atoms with E-state index in [0.29, 0.717) is 42.9 Å². The summed E-state index contributed by atoms with van der Waals surface area (Å²) in [6, 6.07) is 7.32. The molecule has 2 aromatic carbocycles. The number of likely N-dealkylation sites (tertiary alicyclic amines) is 1. The number of aryl methyl sites for hydroxylation is 1. The zero-order valence-corrected chi connectivity index (χ0v) is 26.0. The summed E-state index contributed by atoms with van der Waals surface area (Å²) in [5.74, 6) is -1.18. The van der Waals surface area contributed by atoms with Gasteiger partial charge in [-0.2, -0.15) is 13.2 Å². The van der Waals surface area contributed by atoms with Gasteiger partial charge >= 0.3 is 13.3 Å². The van der Waals surface area contributed by atoms with Crippen molar-refractivity contribution >= 4 is 36.0 Å². The van der Waals surface area contributed by atoms with E-state index in [-0.39, 0.29) is 43.4 Å². The summed E-state index contributed by atoms with van der Waals surface area (Å²) in [4.78, 5) is 41.1. The van der Waals surface area contributed by atoms with Crippen molar-refractivity contribution in [3.8, 4) is 0 Å². The fourth-order valence-electron chi connectivity index (χ4n) is 5.99. The Bertz CT molecular complexity index is 1400. The molecule has 0 saturated carbocycles. The number of benzene rings is 2. The minimum Gasteiger partial charge on any atom is -0.423 e. The smallest absolute Gasteiger partial charge is 0.423 e. The number of carbonyl (C=O) groups excluding carboxylic acids is 3. The van der Waals surface area contributed by atoms with Crippen LogP contribution in [0.5, 0.6) is 0 Å².